The van der Waals surface area contributed by atoms with Crippen LogP contribution in [0.5, 0.6) is 11.6 Å². The number of nitrogen functional groups attached to an aromatic ring is 1. The molecule has 2 aromatic rings. The molecule has 0 aliphatic heterocycles. The molecule has 2 N–H and O–H groups in total. The van der Waals surface area contributed by atoms with Crippen LogP contribution in [0, 0.1) is 10.1 Å². The second-order valence-electron chi connectivity index (χ2n) is 3.40. The van der Waals surface area contributed by atoms with Crippen LogP contribution in [-0.2, 0) is 0 Å². The van der Waals surface area contributed by atoms with E-state index < -0.39 is 4.92 Å². The van der Waals surface area contributed by atoms with Gasteiger partial charge in [0.2, 0.25) is 5.88 Å². The van der Waals surface area contributed by atoms with Crippen molar-refractivity contribution >= 4 is 23.0 Å². The summed E-state index contributed by atoms with van der Waals surface area (Å²) >= 11 is 5.77. The number of nitrogens with two attached hydrogens (primary N) is 1. The number of nitrogens with zero attached hydrogens (tertiary/aromatic N) is 2. The molecule has 0 amide bonds. The number of pyridine rings is 1. The lowest BCUT2D eigenvalue weighted by atomic mass is 10.3. The molecule has 1 aromatic heterocycles. The standard InChI is InChI=1S/C11H8ClN3O3/c12-9-3-2-8(5-10(9)13)18-11-4-1-7(6-14-11)15(16)17/h1-6H,13H2. The van der Waals surface area contributed by atoms with Gasteiger partial charge in [-0.25, -0.2) is 4.98 Å². The van der Waals surface area contributed by atoms with Crippen LogP contribution in [0.4, 0.5) is 11.4 Å². The summed E-state index contributed by atoms with van der Waals surface area (Å²) in [6, 6.07) is 7.48. The average Bonchev–Trinajstić information content (AvgIpc) is 2.34. The minimum absolute atomic E-state index is 0.0991. The predicted molar refractivity (Wildman–Crippen MR) is 66.8 cm³/mol. The third-order valence-corrected chi connectivity index (χ3v) is 2.47. The van der Waals surface area contributed by atoms with Crippen molar-refractivity contribution in [1.82, 2.24) is 4.98 Å². The fourth-order valence-corrected chi connectivity index (χ4v) is 1.36. The third-order valence-electron chi connectivity index (χ3n) is 2.12. The van der Waals surface area contributed by atoms with Crippen LogP contribution in [0.3, 0.4) is 0 Å². The molecule has 18 heavy (non-hydrogen) atoms. The first kappa shape index (κ1) is 12.1. The smallest absolute Gasteiger partial charge is 0.287 e. The van der Waals surface area contributed by atoms with Gasteiger partial charge in [-0.1, -0.05) is 11.6 Å². The largest absolute Gasteiger partial charge is 0.439 e. The Labute approximate surface area is 107 Å². The molecule has 6 nitrogen and oxygen atoms in total. The van der Waals surface area contributed by atoms with Gasteiger partial charge < -0.3 is 10.5 Å². The number of halogens is 1. The van der Waals surface area contributed by atoms with Crippen LogP contribution in [-0.4, -0.2) is 9.91 Å². The van der Waals surface area contributed by atoms with E-state index in [-0.39, 0.29) is 11.6 Å². The van der Waals surface area contributed by atoms with Crippen molar-refractivity contribution < 1.29 is 9.66 Å². The molecule has 0 atom stereocenters. The fourth-order valence-electron chi connectivity index (χ4n) is 1.25. The van der Waals surface area contributed by atoms with E-state index >= 15 is 0 Å². The van der Waals surface area contributed by atoms with Crippen LogP contribution in [0.25, 0.3) is 0 Å². The van der Waals surface area contributed by atoms with Gasteiger partial charge in [0.05, 0.1) is 15.6 Å². The summed E-state index contributed by atoms with van der Waals surface area (Å²) in [4.78, 5) is 13.7. The molecule has 0 unspecified atom stereocenters. The van der Waals surface area contributed by atoms with E-state index in [2.05, 4.69) is 4.98 Å². The van der Waals surface area contributed by atoms with Crippen LogP contribution < -0.4 is 10.5 Å². The van der Waals surface area contributed by atoms with Crippen LogP contribution in [0.1, 0.15) is 0 Å². The molecule has 7 heteroatoms. The molecule has 1 heterocycles. The highest BCUT2D eigenvalue weighted by molar-refractivity contribution is 6.33. The number of anilines is 1. The van der Waals surface area contributed by atoms with Crippen molar-refractivity contribution in [3.63, 3.8) is 0 Å². The van der Waals surface area contributed by atoms with Crippen molar-refractivity contribution in [2.24, 2.45) is 0 Å². The van der Waals surface area contributed by atoms with Crippen molar-refractivity contribution in [2.45, 2.75) is 0 Å². The zero-order valence-corrected chi connectivity index (χ0v) is 9.79. The second-order valence-corrected chi connectivity index (χ2v) is 3.80. The molecule has 0 saturated carbocycles. The zero-order valence-electron chi connectivity index (χ0n) is 9.04. The van der Waals surface area contributed by atoms with Gasteiger partial charge in [-0.05, 0) is 12.1 Å². The number of aromatic nitrogens is 1. The molecule has 0 fully saturated rings. The van der Waals surface area contributed by atoms with Crippen LogP contribution >= 0.6 is 11.6 Å². The third kappa shape index (κ3) is 2.67. The number of nitro groups is 1. The first-order chi connectivity index (χ1) is 8.56. The second kappa shape index (κ2) is 4.89. The molecule has 1 aromatic carbocycles. The first-order valence-electron chi connectivity index (χ1n) is 4.89. The summed E-state index contributed by atoms with van der Waals surface area (Å²) in [5.41, 5.74) is 5.90. The van der Waals surface area contributed by atoms with Crippen LogP contribution in [0.15, 0.2) is 36.5 Å². The Morgan fingerprint density at radius 2 is 2.11 bits per heavy atom. The Morgan fingerprint density at radius 1 is 1.33 bits per heavy atom. The van der Waals surface area contributed by atoms with Gasteiger partial charge in [0, 0.05) is 18.2 Å². The first-order valence-corrected chi connectivity index (χ1v) is 5.27. The molecule has 0 spiro atoms. The van der Waals surface area contributed by atoms with E-state index in [4.69, 9.17) is 22.1 Å². The van der Waals surface area contributed by atoms with Gasteiger partial charge in [0.1, 0.15) is 11.9 Å². The summed E-state index contributed by atoms with van der Waals surface area (Å²) in [6.45, 7) is 0. The normalized spacial score (nSPS) is 10.1. The van der Waals surface area contributed by atoms with Gasteiger partial charge in [-0.15, -0.1) is 0 Å². The monoisotopic (exact) mass is 265 g/mol. The lowest BCUT2D eigenvalue weighted by Crippen LogP contribution is -1.92. The van der Waals surface area contributed by atoms with E-state index in [1.165, 1.54) is 12.1 Å². The van der Waals surface area contributed by atoms with Gasteiger partial charge in [-0.3, -0.25) is 10.1 Å². The SMILES string of the molecule is Nc1cc(Oc2ccc([N+](=O)[O-])cn2)ccc1Cl. The highest BCUT2D eigenvalue weighted by Gasteiger charge is 2.07. The van der Waals surface area contributed by atoms with Crippen molar-refractivity contribution in [3.8, 4) is 11.6 Å². The maximum atomic E-state index is 10.4. The molecule has 0 radical (unpaired) electrons. The molecule has 0 saturated heterocycles. The minimum atomic E-state index is -0.531. The molecule has 0 aliphatic rings. The number of rotatable bonds is 3. The van der Waals surface area contributed by atoms with Crippen LogP contribution in [0.2, 0.25) is 5.02 Å². The summed E-state index contributed by atoms with van der Waals surface area (Å²) in [6.07, 6.45) is 1.12. The predicted octanol–water partition coefficient (Wildman–Crippen LogP) is 3.02. The lowest BCUT2D eigenvalue weighted by molar-refractivity contribution is -0.385. The number of benzene rings is 1. The van der Waals surface area contributed by atoms with Gasteiger partial charge in [0.25, 0.3) is 5.69 Å². The summed E-state index contributed by atoms with van der Waals surface area (Å²) < 4.78 is 5.38. The van der Waals surface area contributed by atoms with E-state index in [9.17, 15) is 10.1 Å². The zero-order chi connectivity index (χ0) is 13.1. The molecule has 2 rings (SSSR count). The Kier molecular flexibility index (Phi) is 3.29. The quantitative estimate of drug-likeness (QED) is 0.523. The molecule has 0 bridgehead atoms. The van der Waals surface area contributed by atoms with Gasteiger partial charge >= 0.3 is 0 Å². The average molecular weight is 266 g/mol. The van der Waals surface area contributed by atoms with E-state index in [0.717, 1.165) is 6.20 Å². The number of hydrogen-bond acceptors (Lipinski definition) is 5. The summed E-state index contributed by atoms with van der Waals surface area (Å²) in [5, 5.41) is 10.9. The van der Waals surface area contributed by atoms with Crippen molar-refractivity contribution in [3.05, 3.63) is 51.7 Å². The Bertz CT molecular complexity index is 587. The number of ether oxygens (including phenoxy) is 1. The minimum Gasteiger partial charge on any atom is -0.439 e. The van der Waals surface area contributed by atoms with Gasteiger partial charge in [-0.2, -0.15) is 0 Å². The Balaban J connectivity index is 2.18. The highest BCUT2D eigenvalue weighted by atomic mass is 35.5. The maximum absolute atomic E-state index is 10.4. The van der Waals surface area contributed by atoms with E-state index in [1.54, 1.807) is 18.2 Å². The topological polar surface area (TPSA) is 91.3 Å². The van der Waals surface area contributed by atoms with Gasteiger partial charge in [0.15, 0.2) is 0 Å². The maximum Gasteiger partial charge on any atom is 0.287 e. The molecule has 92 valence electrons. The van der Waals surface area contributed by atoms with E-state index in [1.807, 2.05) is 0 Å². The van der Waals surface area contributed by atoms with E-state index in [0.29, 0.717) is 16.5 Å². The van der Waals surface area contributed by atoms with Crippen molar-refractivity contribution in [2.75, 3.05) is 5.73 Å². The summed E-state index contributed by atoms with van der Waals surface area (Å²) in [7, 11) is 0. The van der Waals surface area contributed by atoms with Crippen molar-refractivity contribution in [1.29, 1.82) is 0 Å². The fraction of sp³-hybridized carbons (Fsp3) is 0. The molecule has 0 aliphatic carbocycles. The molecular formula is C11H8ClN3O3. The lowest BCUT2D eigenvalue weighted by Gasteiger charge is -2.05. The summed E-state index contributed by atoms with van der Waals surface area (Å²) in [5.74, 6) is 0.695. The molecular weight excluding hydrogens is 258 g/mol. The highest BCUT2D eigenvalue weighted by Crippen LogP contribution is 2.27. The Morgan fingerprint density at radius 3 is 2.67 bits per heavy atom. The number of hydrogen-bond donors (Lipinski definition) is 1. The Hall–Kier alpha value is -2.34.